The number of rotatable bonds is 4. The Bertz CT molecular complexity index is 916. The fraction of sp³-hybridized carbons (Fsp3) is 0.273. The maximum atomic E-state index is 12.1. The molecular formula is C22H21NO4. The predicted octanol–water partition coefficient (Wildman–Crippen LogP) is 4.39. The van der Waals surface area contributed by atoms with Gasteiger partial charge in [-0.3, -0.25) is 0 Å². The van der Waals surface area contributed by atoms with Crippen LogP contribution in [0.5, 0.6) is 0 Å². The van der Waals surface area contributed by atoms with E-state index in [1.165, 1.54) is 0 Å². The quantitative estimate of drug-likeness (QED) is 0.622. The number of hydrogen-bond acceptors (Lipinski definition) is 4. The molecule has 3 atom stereocenters. The first-order valence-electron chi connectivity index (χ1n) is 9.16. The van der Waals surface area contributed by atoms with Gasteiger partial charge in [0.15, 0.2) is 0 Å². The number of carboxylic acids is 1. The van der Waals surface area contributed by atoms with E-state index in [-0.39, 0.29) is 23.5 Å². The van der Waals surface area contributed by atoms with Crippen molar-refractivity contribution in [2.45, 2.75) is 25.3 Å². The summed E-state index contributed by atoms with van der Waals surface area (Å²) in [5.41, 5.74) is 4.04. The summed E-state index contributed by atoms with van der Waals surface area (Å²) in [7, 11) is 0. The minimum atomic E-state index is -0.921. The number of anilines is 1. The van der Waals surface area contributed by atoms with Crippen LogP contribution in [0, 0.1) is 5.92 Å². The van der Waals surface area contributed by atoms with Crippen molar-refractivity contribution in [2.75, 3.05) is 11.9 Å². The molecule has 1 aliphatic heterocycles. The number of aromatic carboxylic acids is 1. The maximum absolute atomic E-state index is 12.1. The largest absolute Gasteiger partial charge is 0.478 e. The topological polar surface area (TPSA) is 75.6 Å². The molecule has 5 heteroatoms. The van der Waals surface area contributed by atoms with E-state index in [0.29, 0.717) is 18.1 Å². The second kappa shape index (κ2) is 6.91. The first-order valence-corrected chi connectivity index (χ1v) is 9.16. The number of carbonyl (C=O) groups is 2. The van der Waals surface area contributed by atoms with E-state index in [4.69, 9.17) is 9.84 Å². The number of esters is 1. The van der Waals surface area contributed by atoms with Gasteiger partial charge in [0.2, 0.25) is 0 Å². The molecule has 138 valence electrons. The molecule has 0 aromatic heterocycles. The standard InChI is InChI=1S/C22H21NO4/c1-2-27-22(26)15-10-11-19-18(12-15)16-4-3-5-17(16)20(23-19)13-6-8-14(9-7-13)21(24)25/h3-4,6-12,16-17,20,23H,2,5H2,1H3,(H,24,25)/t16?,17?,20-/m1/s1. The molecule has 1 aliphatic carbocycles. The second-order valence-corrected chi connectivity index (χ2v) is 6.93. The second-order valence-electron chi connectivity index (χ2n) is 6.93. The molecule has 2 aromatic carbocycles. The first kappa shape index (κ1) is 17.3. The smallest absolute Gasteiger partial charge is 0.338 e. The summed E-state index contributed by atoms with van der Waals surface area (Å²) in [5.74, 6) is -0.675. The monoisotopic (exact) mass is 363 g/mol. The predicted molar refractivity (Wildman–Crippen MR) is 102 cm³/mol. The van der Waals surface area contributed by atoms with Crippen LogP contribution in [0.25, 0.3) is 0 Å². The van der Waals surface area contributed by atoms with Crippen LogP contribution in [0.3, 0.4) is 0 Å². The molecule has 0 saturated heterocycles. The molecule has 2 unspecified atom stereocenters. The molecule has 27 heavy (non-hydrogen) atoms. The summed E-state index contributed by atoms with van der Waals surface area (Å²) in [4.78, 5) is 23.2. The Morgan fingerprint density at radius 1 is 1.15 bits per heavy atom. The molecule has 2 aromatic rings. The van der Waals surface area contributed by atoms with E-state index in [2.05, 4.69) is 17.5 Å². The molecule has 0 bridgehead atoms. The number of nitrogens with one attached hydrogen (secondary N) is 1. The van der Waals surface area contributed by atoms with Crippen LogP contribution in [0.4, 0.5) is 5.69 Å². The van der Waals surface area contributed by atoms with E-state index in [9.17, 15) is 9.59 Å². The summed E-state index contributed by atoms with van der Waals surface area (Å²) in [6, 6.07) is 12.8. The van der Waals surface area contributed by atoms with Gasteiger partial charge in [0, 0.05) is 11.6 Å². The van der Waals surface area contributed by atoms with Gasteiger partial charge in [-0.25, -0.2) is 9.59 Å². The van der Waals surface area contributed by atoms with Crippen molar-refractivity contribution in [3.63, 3.8) is 0 Å². The lowest BCUT2D eigenvalue weighted by Crippen LogP contribution is -2.29. The molecule has 1 heterocycles. The van der Waals surface area contributed by atoms with Gasteiger partial charge in [0.1, 0.15) is 0 Å². The fourth-order valence-corrected chi connectivity index (χ4v) is 4.10. The van der Waals surface area contributed by atoms with E-state index in [0.717, 1.165) is 23.2 Å². The summed E-state index contributed by atoms with van der Waals surface area (Å²) in [5, 5.41) is 12.7. The van der Waals surface area contributed by atoms with Gasteiger partial charge in [-0.2, -0.15) is 0 Å². The molecular weight excluding hydrogens is 342 g/mol. The normalized spacial score (nSPS) is 22.5. The van der Waals surface area contributed by atoms with Gasteiger partial charge in [0.25, 0.3) is 0 Å². The van der Waals surface area contributed by atoms with Gasteiger partial charge in [-0.15, -0.1) is 0 Å². The van der Waals surface area contributed by atoms with E-state index in [1.807, 2.05) is 24.3 Å². The third-order valence-electron chi connectivity index (χ3n) is 5.39. The number of fused-ring (bicyclic) bond motifs is 3. The lowest BCUT2D eigenvalue weighted by atomic mass is 9.76. The van der Waals surface area contributed by atoms with Crippen molar-refractivity contribution < 1.29 is 19.4 Å². The molecule has 5 nitrogen and oxygen atoms in total. The first-order chi connectivity index (χ1) is 13.1. The number of ether oxygens (including phenoxy) is 1. The molecule has 0 amide bonds. The molecule has 4 rings (SSSR count). The number of hydrogen-bond donors (Lipinski definition) is 2. The SMILES string of the molecule is CCOC(=O)c1ccc2c(c1)C1C=CCC1[C@@H](c1ccc(C(=O)O)cc1)N2. The third kappa shape index (κ3) is 3.10. The van der Waals surface area contributed by atoms with Gasteiger partial charge in [-0.05, 0) is 60.7 Å². The summed E-state index contributed by atoms with van der Waals surface area (Å²) in [6.45, 7) is 2.16. The van der Waals surface area contributed by atoms with Gasteiger partial charge < -0.3 is 15.2 Å². The highest BCUT2D eigenvalue weighted by molar-refractivity contribution is 5.90. The Balaban J connectivity index is 1.68. The maximum Gasteiger partial charge on any atom is 0.338 e. The molecule has 0 fully saturated rings. The van der Waals surface area contributed by atoms with Crippen molar-refractivity contribution in [2.24, 2.45) is 5.92 Å². The fourth-order valence-electron chi connectivity index (χ4n) is 4.10. The zero-order chi connectivity index (χ0) is 19.0. The Hall–Kier alpha value is -3.08. The molecule has 0 radical (unpaired) electrons. The minimum absolute atomic E-state index is 0.0915. The van der Waals surface area contributed by atoms with E-state index < -0.39 is 5.97 Å². The Labute approximate surface area is 157 Å². The highest BCUT2D eigenvalue weighted by Crippen LogP contribution is 2.49. The van der Waals surface area contributed by atoms with Gasteiger partial charge in [0.05, 0.1) is 23.8 Å². The number of carbonyl (C=O) groups excluding carboxylic acids is 1. The summed E-state index contributed by atoms with van der Waals surface area (Å²) < 4.78 is 5.13. The van der Waals surface area contributed by atoms with Crippen LogP contribution in [0.2, 0.25) is 0 Å². The van der Waals surface area contributed by atoms with Crippen molar-refractivity contribution in [1.82, 2.24) is 0 Å². The van der Waals surface area contributed by atoms with E-state index >= 15 is 0 Å². The third-order valence-corrected chi connectivity index (χ3v) is 5.39. The minimum Gasteiger partial charge on any atom is -0.478 e. The van der Waals surface area contributed by atoms with Crippen molar-refractivity contribution >= 4 is 17.6 Å². The number of allylic oxidation sites excluding steroid dienone is 2. The van der Waals surface area contributed by atoms with Crippen molar-refractivity contribution in [3.05, 3.63) is 76.9 Å². The molecule has 2 N–H and O–H groups in total. The number of carboxylic acid groups (broad SMARTS) is 1. The number of benzene rings is 2. The van der Waals surface area contributed by atoms with Crippen LogP contribution < -0.4 is 5.32 Å². The Kier molecular flexibility index (Phi) is 4.44. The average Bonchev–Trinajstić information content (AvgIpc) is 3.17. The van der Waals surface area contributed by atoms with Gasteiger partial charge >= 0.3 is 11.9 Å². The van der Waals surface area contributed by atoms with Crippen molar-refractivity contribution in [1.29, 1.82) is 0 Å². The zero-order valence-electron chi connectivity index (χ0n) is 15.0. The van der Waals surface area contributed by atoms with Crippen LogP contribution in [0.1, 0.15) is 57.1 Å². The highest BCUT2D eigenvalue weighted by Gasteiger charge is 2.38. The Morgan fingerprint density at radius 2 is 1.89 bits per heavy atom. The van der Waals surface area contributed by atoms with E-state index in [1.54, 1.807) is 25.1 Å². The lowest BCUT2D eigenvalue weighted by molar-refractivity contribution is 0.0525. The van der Waals surface area contributed by atoms with Crippen LogP contribution >= 0.6 is 0 Å². The van der Waals surface area contributed by atoms with Crippen molar-refractivity contribution in [3.8, 4) is 0 Å². The summed E-state index contributed by atoms with van der Waals surface area (Å²) >= 11 is 0. The molecule has 2 aliphatic rings. The zero-order valence-corrected chi connectivity index (χ0v) is 15.0. The average molecular weight is 363 g/mol. The highest BCUT2D eigenvalue weighted by atomic mass is 16.5. The van der Waals surface area contributed by atoms with Crippen LogP contribution in [-0.2, 0) is 4.74 Å². The van der Waals surface area contributed by atoms with Crippen LogP contribution in [-0.4, -0.2) is 23.7 Å². The molecule has 0 saturated carbocycles. The van der Waals surface area contributed by atoms with Gasteiger partial charge in [-0.1, -0.05) is 24.3 Å². The molecule has 0 spiro atoms. The lowest BCUT2D eigenvalue weighted by Gasteiger charge is -2.37. The van der Waals surface area contributed by atoms with Crippen LogP contribution in [0.15, 0.2) is 54.6 Å². The Morgan fingerprint density at radius 3 is 2.59 bits per heavy atom. The summed E-state index contributed by atoms with van der Waals surface area (Å²) in [6.07, 6.45) is 5.33.